The molecule has 1 aromatic rings. The van der Waals surface area contributed by atoms with Gasteiger partial charge in [0, 0.05) is 39.3 Å². The predicted octanol–water partition coefficient (Wildman–Crippen LogP) is 3.70. The van der Waals surface area contributed by atoms with Gasteiger partial charge < -0.3 is 20.3 Å². The number of nitrogens with one attached hydrogen (secondary N) is 2. The summed E-state index contributed by atoms with van der Waals surface area (Å²) in [4.78, 5) is 9.35. The second-order valence-corrected chi connectivity index (χ2v) is 8.38. The van der Waals surface area contributed by atoms with Gasteiger partial charge in [-0.05, 0) is 57.5 Å². The van der Waals surface area contributed by atoms with Gasteiger partial charge in [-0.2, -0.15) is 0 Å². The van der Waals surface area contributed by atoms with Crippen molar-refractivity contribution in [2.24, 2.45) is 4.99 Å². The largest absolute Gasteiger partial charge is 0.376 e. The number of rotatable bonds is 11. The zero-order chi connectivity index (χ0) is 21.8. The average Bonchev–Trinajstić information content (AvgIpc) is 2.74. The molecular weight excluding hydrogens is 501 g/mol. The third-order valence-electron chi connectivity index (χ3n) is 5.80. The first-order valence-corrected chi connectivity index (χ1v) is 11.6. The molecule has 0 bridgehead atoms. The maximum atomic E-state index is 5.65. The lowest BCUT2D eigenvalue weighted by molar-refractivity contribution is -0.0212. The first kappa shape index (κ1) is 28.1. The molecule has 1 heterocycles. The highest BCUT2D eigenvalue weighted by Gasteiger charge is 2.16. The lowest BCUT2D eigenvalue weighted by Crippen LogP contribution is -2.42. The highest BCUT2D eigenvalue weighted by molar-refractivity contribution is 14.0. The van der Waals surface area contributed by atoms with E-state index in [2.05, 4.69) is 77.4 Å². The molecule has 1 fully saturated rings. The molecule has 2 atom stereocenters. The van der Waals surface area contributed by atoms with Crippen LogP contribution in [-0.2, 0) is 17.8 Å². The summed E-state index contributed by atoms with van der Waals surface area (Å²) in [6.45, 7) is 16.9. The Hall–Kier alpha value is -0.900. The van der Waals surface area contributed by atoms with Gasteiger partial charge in [-0.1, -0.05) is 38.1 Å². The van der Waals surface area contributed by atoms with E-state index >= 15 is 0 Å². The second kappa shape index (κ2) is 15.8. The maximum Gasteiger partial charge on any atom is 0.191 e. The van der Waals surface area contributed by atoms with Crippen LogP contribution in [0.1, 0.15) is 51.7 Å². The van der Waals surface area contributed by atoms with E-state index in [0.717, 1.165) is 58.3 Å². The molecule has 1 aliphatic rings. The highest BCUT2D eigenvalue weighted by Crippen LogP contribution is 2.12. The summed E-state index contributed by atoms with van der Waals surface area (Å²) in [7, 11) is 1.84. The van der Waals surface area contributed by atoms with E-state index in [0.29, 0.717) is 12.1 Å². The molecule has 0 aliphatic carbocycles. The topological polar surface area (TPSA) is 52.1 Å². The molecular formula is C24H44IN5O. The zero-order valence-corrected chi connectivity index (χ0v) is 22.5. The Bertz CT molecular complexity index is 638. The molecule has 0 saturated carbocycles. The van der Waals surface area contributed by atoms with Crippen molar-refractivity contribution in [2.45, 2.75) is 65.8 Å². The van der Waals surface area contributed by atoms with Crippen molar-refractivity contribution in [1.29, 1.82) is 0 Å². The molecule has 31 heavy (non-hydrogen) atoms. The number of guanidine groups is 1. The van der Waals surface area contributed by atoms with Gasteiger partial charge in [0.1, 0.15) is 0 Å². The first-order valence-electron chi connectivity index (χ1n) is 11.6. The van der Waals surface area contributed by atoms with Crippen molar-refractivity contribution < 1.29 is 4.74 Å². The van der Waals surface area contributed by atoms with Crippen molar-refractivity contribution in [2.75, 3.05) is 46.4 Å². The van der Waals surface area contributed by atoms with Gasteiger partial charge in [-0.15, -0.1) is 24.0 Å². The summed E-state index contributed by atoms with van der Waals surface area (Å²) in [5, 5.41) is 7.00. The quantitative estimate of drug-likeness (QED) is 0.253. The molecule has 2 N–H and O–H groups in total. The van der Waals surface area contributed by atoms with Crippen molar-refractivity contribution >= 4 is 29.9 Å². The monoisotopic (exact) mass is 545 g/mol. The standard InChI is InChI=1S/C24H43N5O.HI/c1-6-28(7-2)13-9-10-20(3)27-24(25-5)26-17-22-11-8-12-23(16-22)19-29-14-15-30-21(4)18-29;/h8,11-12,16,20-21H,6-7,9-10,13-15,17-19H2,1-5H3,(H2,25,26,27);1H. The van der Waals surface area contributed by atoms with Gasteiger partial charge in [0.05, 0.1) is 12.7 Å². The fourth-order valence-electron chi connectivity index (χ4n) is 3.98. The molecule has 2 rings (SSSR count). The molecule has 0 spiro atoms. The Morgan fingerprint density at radius 1 is 1.29 bits per heavy atom. The zero-order valence-electron chi connectivity index (χ0n) is 20.2. The first-order chi connectivity index (χ1) is 14.5. The third-order valence-corrected chi connectivity index (χ3v) is 5.80. The maximum absolute atomic E-state index is 5.65. The van der Waals surface area contributed by atoms with Crippen molar-refractivity contribution in [1.82, 2.24) is 20.4 Å². The summed E-state index contributed by atoms with van der Waals surface area (Å²) in [6, 6.07) is 9.26. The smallest absolute Gasteiger partial charge is 0.191 e. The lowest BCUT2D eigenvalue weighted by atomic mass is 10.1. The van der Waals surface area contributed by atoms with Gasteiger partial charge in [-0.25, -0.2) is 0 Å². The van der Waals surface area contributed by atoms with Crippen molar-refractivity contribution in [3.63, 3.8) is 0 Å². The number of nitrogens with zero attached hydrogens (tertiary/aromatic N) is 3. The highest BCUT2D eigenvalue weighted by atomic mass is 127. The molecule has 0 aromatic heterocycles. The molecule has 1 aliphatic heterocycles. The Balaban J connectivity index is 0.00000480. The van der Waals surface area contributed by atoms with Crippen LogP contribution in [0.15, 0.2) is 29.3 Å². The van der Waals surface area contributed by atoms with Crippen LogP contribution in [0, 0.1) is 0 Å². The Kier molecular flexibility index (Phi) is 14.4. The number of morpholine rings is 1. The van der Waals surface area contributed by atoms with E-state index in [-0.39, 0.29) is 24.0 Å². The fraction of sp³-hybridized carbons (Fsp3) is 0.708. The van der Waals surface area contributed by atoms with E-state index < -0.39 is 0 Å². The van der Waals surface area contributed by atoms with Gasteiger partial charge in [0.15, 0.2) is 5.96 Å². The number of hydrogen-bond donors (Lipinski definition) is 2. The lowest BCUT2D eigenvalue weighted by Gasteiger charge is -2.31. The summed E-state index contributed by atoms with van der Waals surface area (Å²) >= 11 is 0. The predicted molar refractivity (Wildman–Crippen MR) is 142 cm³/mol. The van der Waals surface area contributed by atoms with E-state index in [1.165, 1.54) is 24.1 Å². The van der Waals surface area contributed by atoms with Crippen LogP contribution < -0.4 is 10.6 Å². The molecule has 7 heteroatoms. The van der Waals surface area contributed by atoms with E-state index in [4.69, 9.17) is 4.74 Å². The molecule has 6 nitrogen and oxygen atoms in total. The molecule has 178 valence electrons. The minimum Gasteiger partial charge on any atom is -0.376 e. The molecule has 1 saturated heterocycles. The third kappa shape index (κ3) is 11.0. The summed E-state index contributed by atoms with van der Waals surface area (Å²) in [5.74, 6) is 0.873. The van der Waals surface area contributed by atoms with Crippen LogP contribution in [-0.4, -0.2) is 74.3 Å². The van der Waals surface area contributed by atoms with Gasteiger partial charge in [0.25, 0.3) is 0 Å². The van der Waals surface area contributed by atoms with E-state index in [9.17, 15) is 0 Å². The number of ether oxygens (including phenoxy) is 1. The van der Waals surface area contributed by atoms with Crippen LogP contribution in [0.2, 0.25) is 0 Å². The molecule has 1 aromatic carbocycles. The van der Waals surface area contributed by atoms with Crippen molar-refractivity contribution in [3.8, 4) is 0 Å². The Morgan fingerprint density at radius 3 is 2.71 bits per heavy atom. The Morgan fingerprint density at radius 2 is 2.03 bits per heavy atom. The van der Waals surface area contributed by atoms with Crippen LogP contribution in [0.4, 0.5) is 0 Å². The minimum absolute atomic E-state index is 0. The number of halogens is 1. The second-order valence-electron chi connectivity index (χ2n) is 8.38. The number of hydrogen-bond acceptors (Lipinski definition) is 4. The number of benzene rings is 1. The van der Waals surface area contributed by atoms with Crippen LogP contribution in [0.3, 0.4) is 0 Å². The van der Waals surface area contributed by atoms with Crippen LogP contribution >= 0.6 is 24.0 Å². The van der Waals surface area contributed by atoms with Crippen molar-refractivity contribution in [3.05, 3.63) is 35.4 Å². The van der Waals surface area contributed by atoms with Gasteiger partial charge in [-0.3, -0.25) is 9.89 Å². The molecule has 0 amide bonds. The Labute approximate surface area is 207 Å². The summed E-state index contributed by atoms with van der Waals surface area (Å²) < 4.78 is 5.65. The molecule has 2 unspecified atom stereocenters. The van der Waals surface area contributed by atoms with Gasteiger partial charge in [0.2, 0.25) is 0 Å². The SMILES string of the molecule is CCN(CC)CCCC(C)NC(=NC)NCc1cccc(CN2CCOC(C)C2)c1.I. The van der Waals surface area contributed by atoms with E-state index in [1.807, 2.05) is 7.05 Å². The van der Waals surface area contributed by atoms with E-state index in [1.54, 1.807) is 0 Å². The summed E-state index contributed by atoms with van der Waals surface area (Å²) in [6.07, 6.45) is 2.67. The average molecular weight is 546 g/mol. The van der Waals surface area contributed by atoms with Crippen LogP contribution in [0.5, 0.6) is 0 Å². The fourth-order valence-corrected chi connectivity index (χ4v) is 3.98. The van der Waals surface area contributed by atoms with Gasteiger partial charge >= 0.3 is 0 Å². The van der Waals surface area contributed by atoms with Crippen LogP contribution in [0.25, 0.3) is 0 Å². The minimum atomic E-state index is 0. The normalized spacial score (nSPS) is 18.5. The summed E-state index contributed by atoms with van der Waals surface area (Å²) in [5.41, 5.74) is 2.64. The number of aliphatic imine (C=N–C) groups is 1. The molecule has 0 radical (unpaired) electrons.